The topological polar surface area (TPSA) is 35.2 Å². The summed E-state index contributed by atoms with van der Waals surface area (Å²) >= 11 is 0. The minimum atomic E-state index is 0. The van der Waals surface area contributed by atoms with Gasteiger partial charge in [-0.2, -0.15) is 0 Å². The normalized spacial score (nSPS) is 11.5. The van der Waals surface area contributed by atoms with Crippen LogP contribution in [0.3, 0.4) is 0 Å². The monoisotopic (exact) mass is 277 g/mol. The van der Waals surface area contributed by atoms with E-state index in [9.17, 15) is 0 Å². The molecule has 2 rings (SSSR count). The maximum atomic E-state index is 6.12. The van der Waals surface area contributed by atoms with E-state index in [0.29, 0.717) is 6.61 Å². The molecule has 0 aliphatic rings. The van der Waals surface area contributed by atoms with Crippen LogP contribution >= 0.6 is 12.4 Å². The van der Waals surface area contributed by atoms with Gasteiger partial charge >= 0.3 is 0 Å². The molecule has 3 heteroatoms. The maximum Gasteiger partial charge on any atom is 0.122 e. The summed E-state index contributed by atoms with van der Waals surface area (Å²) in [5, 5.41) is 0. The van der Waals surface area contributed by atoms with Crippen molar-refractivity contribution in [1.29, 1.82) is 0 Å². The predicted octanol–water partition coefficient (Wildman–Crippen LogP) is 3.89. The molecule has 2 aromatic rings. The molecule has 1 unspecified atom stereocenters. The molecule has 2 aromatic carbocycles. The number of nitrogens with two attached hydrogens (primary N) is 1. The summed E-state index contributed by atoms with van der Waals surface area (Å²) in [5.41, 5.74) is 8.43. The summed E-state index contributed by atoms with van der Waals surface area (Å²) in [5.74, 6) is 0.942. The predicted molar refractivity (Wildman–Crippen MR) is 81.9 cm³/mol. The Morgan fingerprint density at radius 2 is 1.63 bits per heavy atom. The molecule has 0 aliphatic heterocycles. The van der Waals surface area contributed by atoms with E-state index in [0.717, 1.165) is 23.3 Å². The smallest absolute Gasteiger partial charge is 0.122 e. The Morgan fingerprint density at radius 3 is 2.32 bits per heavy atom. The van der Waals surface area contributed by atoms with Gasteiger partial charge in [-0.25, -0.2) is 0 Å². The van der Waals surface area contributed by atoms with Crippen LogP contribution in [0.25, 0.3) is 0 Å². The molecule has 0 spiro atoms. The minimum Gasteiger partial charge on any atom is -0.493 e. The Balaban J connectivity index is 0.00000180. The molecule has 19 heavy (non-hydrogen) atoms. The van der Waals surface area contributed by atoms with Crippen LogP contribution in [0.15, 0.2) is 54.6 Å². The summed E-state index contributed by atoms with van der Waals surface area (Å²) in [7, 11) is 0. The average Bonchev–Trinajstić information content (AvgIpc) is 2.42. The van der Waals surface area contributed by atoms with Gasteiger partial charge in [-0.1, -0.05) is 48.5 Å². The Bertz CT molecular complexity index is 487. The van der Waals surface area contributed by atoms with Crippen molar-refractivity contribution in [1.82, 2.24) is 0 Å². The second-order valence-electron chi connectivity index (χ2n) is 4.42. The van der Waals surface area contributed by atoms with Gasteiger partial charge in [0.15, 0.2) is 0 Å². The SMILES string of the molecule is Cc1ccccc1OCCC(N)c1ccccc1.Cl. The van der Waals surface area contributed by atoms with Gasteiger partial charge in [-0.3, -0.25) is 0 Å². The van der Waals surface area contributed by atoms with E-state index in [1.54, 1.807) is 0 Å². The van der Waals surface area contributed by atoms with Gasteiger partial charge in [0.05, 0.1) is 6.61 Å². The van der Waals surface area contributed by atoms with E-state index in [2.05, 4.69) is 12.1 Å². The van der Waals surface area contributed by atoms with Crippen LogP contribution in [-0.2, 0) is 0 Å². The first-order valence-electron chi connectivity index (χ1n) is 6.26. The van der Waals surface area contributed by atoms with Gasteiger partial charge in [0, 0.05) is 12.5 Å². The molecule has 0 aromatic heterocycles. The number of ether oxygens (including phenoxy) is 1. The van der Waals surface area contributed by atoms with Crippen LogP contribution in [0.2, 0.25) is 0 Å². The number of rotatable bonds is 5. The lowest BCUT2D eigenvalue weighted by Crippen LogP contribution is -2.14. The second kappa shape index (κ2) is 7.82. The zero-order valence-corrected chi connectivity index (χ0v) is 11.9. The average molecular weight is 278 g/mol. The third-order valence-electron chi connectivity index (χ3n) is 3.01. The molecule has 0 saturated heterocycles. The van der Waals surface area contributed by atoms with Crippen LogP contribution in [0.1, 0.15) is 23.6 Å². The number of aryl methyl sites for hydroxylation is 1. The lowest BCUT2D eigenvalue weighted by atomic mass is 10.1. The fraction of sp³-hybridized carbons (Fsp3) is 0.250. The number of halogens is 1. The van der Waals surface area contributed by atoms with E-state index in [-0.39, 0.29) is 18.4 Å². The third kappa shape index (κ3) is 4.58. The van der Waals surface area contributed by atoms with Crippen molar-refractivity contribution in [2.24, 2.45) is 5.73 Å². The van der Waals surface area contributed by atoms with Crippen molar-refractivity contribution in [3.63, 3.8) is 0 Å². The Labute approximate surface area is 121 Å². The molecule has 2 nitrogen and oxygen atoms in total. The van der Waals surface area contributed by atoms with Crippen molar-refractivity contribution in [3.8, 4) is 5.75 Å². The minimum absolute atomic E-state index is 0. The van der Waals surface area contributed by atoms with Crippen LogP contribution in [0, 0.1) is 6.92 Å². The van der Waals surface area contributed by atoms with E-state index in [1.807, 2.05) is 49.4 Å². The van der Waals surface area contributed by atoms with Crippen molar-refractivity contribution < 1.29 is 4.74 Å². The van der Waals surface area contributed by atoms with E-state index >= 15 is 0 Å². The highest BCUT2D eigenvalue weighted by atomic mass is 35.5. The second-order valence-corrected chi connectivity index (χ2v) is 4.42. The highest BCUT2D eigenvalue weighted by molar-refractivity contribution is 5.85. The molecular formula is C16H20ClNO. The van der Waals surface area contributed by atoms with Gasteiger partial charge in [-0.15, -0.1) is 12.4 Å². The van der Waals surface area contributed by atoms with Crippen molar-refractivity contribution in [3.05, 3.63) is 65.7 Å². The molecule has 1 atom stereocenters. The first kappa shape index (κ1) is 15.5. The van der Waals surface area contributed by atoms with E-state index in [1.165, 1.54) is 0 Å². The van der Waals surface area contributed by atoms with Crippen molar-refractivity contribution in [2.75, 3.05) is 6.61 Å². The van der Waals surface area contributed by atoms with Crippen LogP contribution in [-0.4, -0.2) is 6.61 Å². The molecule has 0 saturated carbocycles. The third-order valence-corrected chi connectivity index (χ3v) is 3.01. The zero-order valence-electron chi connectivity index (χ0n) is 11.1. The fourth-order valence-corrected chi connectivity index (χ4v) is 1.88. The van der Waals surface area contributed by atoms with Gasteiger partial charge in [0.1, 0.15) is 5.75 Å². The van der Waals surface area contributed by atoms with Crippen LogP contribution < -0.4 is 10.5 Å². The summed E-state index contributed by atoms with van der Waals surface area (Å²) in [6.07, 6.45) is 0.818. The molecular weight excluding hydrogens is 258 g/mol. The summed E-state index contributed by atoms with van der Waals surface area (Å²) in [4.78, 5) is 0. The highest BCUT2D eigenvalue weighted by Crippen LogP contribution is 2.18. The van der Waals surface area contributed by atoms with Crippen molar-refractivity contribution in [2.45, 2.75) is 19.4 Å². The summed E-state index contributed by atoms with van der Waals surface area (Å²) in [6, 6.07) is 18.2. The van der Waals surface area contributed by atoms with Gasteiger partial charge in [0.25, 0.3) is 0 Å². The zero-order chi connectivity index (χ0) is 12.8. The molecule has 0 radical (unpaired) electrons. The maximum absolute atomic E-state index is 6.12. The van der Waals surface area contributed by atoms with Crippen molar-refractivity contribution >= 4 is 12.4 Å². The number of benzene rings is 2. The van der Waals surface area contributed by atoms with E-state index < -0.39 is 0 Å². The molecule has 0 bridgehead atoms. The van der Waals surface area contributed by atoms with Crippen LogP contribution in [0.5, 0.6) is 5.75 Å². The summed E-state index contributed by atoms with van der Waals surface area (Å²) < 4.78 is 5.75. The first-order chi connectivity index (χ1) is 8.77. The van der Waals surface area contributed by atoms with Gasteiger partial charge in [0.2, 0.25) is 0 Å². The lowest BCUT2D eigenvalue weighted by Gasteiger charge is -2.13. The molecule has 0 heterocycles. The Kier molecular flexibility index (Phi) is 6.40. The molecule has 0 fully saturated rings. The van der Waals surface area contributed by atoms with E-state index in [4.69, 9.17) is 10.5 Å². The fourth-order valence-electron chi connectivity index (χ4n) is 1.88. The number of hydrogen-bond donors (Lipinski definition) is 1. The molecule has 102 valence electrons. The number of hydrogen-bond acceptors (Lipinski definition) is 2. The Morgan fingerprint density at radius 1 is 1.00 bits per heavy atom. The first-order valence-corrected chi connectivity index (χ1v) is 6.26. The molecule has 2 N–H and O–H groups in total. The highest BCUT2D eigenvalue weighted by Gasteiger charge is 2.05. The Hall–Kier alpha value is -1.51. The van der Waals surface area contributed by atoms with Gasteiger partial charge < -0.3 is 10.5 Å². The van der Waals surface area contributed by atoms with Crippen LogP contribution in [0.4, 0.5) is 0 Å². The standard InChI is InChI=1S/C16H19NO.ClH/c1-13-7-5-6-10-16(13)18-12-11-15(17)14-8-3-2-4-9-14;/h2-10,15H,11-12,17H2,1H3;1H. The number of para-hydroxylation sites is 1. The lowest BCUT2D eigenvalue weighted by molar-refractivity contribution is 0.297. The largest absolute Gasteiger partial charge is 0.493 e. The summed E-state index contributed by atoms with van der Waals surface area (Å²) in [6.45, 7) is 2.69. The molecule has 0 amide bonds. The molecule has 0 aliphatic carbocycles. The quantitative estimate of drug-likeness (QED) is 0.900. The van der Waals surface area contributed by atoms with Gasteiger partial charge in [-0.05, 0) is 24.1 Å².